The minimum absolute atomic E-state index is 0.843. The Hall–Kier alpha value is -1.61. The molecule has 0 aliphatic heterocycles. The lowest BCUT2D eigenvalue weighted by molar-refractivity contribution is 0.656. The van der Waals surface area contributed by atoms with Gasteiger partial charge in [-0.1, -0.05) is 32.4 Å². The van der Waals surface area contributed by atoms with Gasteiger partial charge in [0.25, 0.3) is 0 Å². The Kier molecular flexibility index (Phi) is 5.81. The second kappa shape index (κ2) is 7.85. The van der Waals surface area contributed by atoms with Crippen molar-refractivity contribution < 1.29 is 0 Å². The third kappa shape index (κ3) is 4.20. The third-order valence-corrected chi connectivity index (χ3v) is 3.40. The SMILES string of the molecule is CCCCc1ccc(-n2ccc(CNCCC)n2)cc1. The second-order valence-corrected chi connectivity index (χ2v) is 5.20. The fraction of sp³-hybridized carbons (Fsp3) is 0.471. The van der Waals surface area contributed by atoms with Crippen LogP contribution in [0.4, 0.5) is 0 Å². The molecule has 0 spiro atoms. The zero-order chi connectivity index (χ0) is 14.2. The van der Waals surface area contributed by atoms with Gasteiger partial charge in [-0.2, -0.15) is 5.10 Å². The maximum absolute atomic E-state index is 4.60. The molecule has 0 aliphatic carbocycles. The number of aromatic nitrogens is 2. The lowest BCUT2D eigenvalue weighted by Crippen LogP contribution is -2.14. The number of rotatable bonds is 8. The normalized spacial score (nSPS) is 10.9. The molecule has 3 nitrogen and oxygen atoms in total. The van der Waals surface area contributed by atoms with Gasteiger partial charge in [-0.05, 0) is 49.6 Å². The zero-order valence-electron chi connectivity index (χ0n) is 12.6. The van der Waals surface area contributed by atoms with E-state index in [2.05, 4.69) is 54.6 Å². The molecule has 1 aromatic heterocycles. The van der Waals surface area contributed by atoms with Gasteiger partial charge in [-0.15, -0.1) is 0 Å². The molecule has 0 fully saturated rings. The quantitative estimate of drug-likeness (QED) is 0.742. The molecule has 1 aromatic carbocycles. The van der Waals surface area contributed by atoms with E-state index in [0.717, 1.165) is 30.9 Å². The Morgan fingerprint density at radius 1 is 1.05 bits per heavy atom. The summed E-state index contributed by atoms with van der Waals surface area (Å²) in [6, 6.07) is 10.8. The lowest BCUT2D eigenvalue weighted by atomic mass is 10.1. The summed E-state index contributed by atoms with van der Waals surface area (Å²) >= 11 is 0. The molecule has 0 amide bonds. The Morgan fingerprint density at radius 3 is 2.55 bits per heavy atom. The predicted molar refractivity (Wildman–Crippen MR) is 84.2 cm³/mol. The molecule has 0 atom stereocenters. The van der Waals surface area contributed by atoms with Crippen molar-refractivity contribution >= 4 is 0 Å². The van der Waals surface area contributed by atoms with Crippen molar-refractivity contribution in [2.75, 3.05) is 6.54 Å². The van der Waals surface area contributed by atoms with E-state index in [-0.39, 0.29) is 0 Å². The summed E-state index contributed by atoms with van der Waals surface area (Å²) < 4.78 is 1.95. The van der Waals surface area contributed by atoms with Crippen LogP contribution >= 0.6 is 0 Å². The zero-order valence-corrected chi connectivity index (χ0v) is 12.6. The van der Waals surface area contributed by atoms with Crippen molar-refractivity contribution in [2.45, 2.75) is 46.1 Å². The summed E-state index contributed by atoms with van der Waals surface area (Å²) in [5.41, 5.74) is 3.63. The van der Waals surface area contributed by atoms with Crippen molar-refractivity contribution in [1.29, 1.82) is 0 Å². The molecule has 0 saturated carbocycles. The van der Waals surface area contributed by atoms with E-state index in [1.165, 1.54) is 24.8 Å². The summed E-state index contributed by atoms with van der Waals surface area (Å²) in [5, 5.41) is 7.97. The predicted octanol–water partition coefficient (Wildman–Crippen LogP) is 3.71. The Morgan fingerprint density at radius 2 is 1.85 bits per heavy atom. The summed E-state index contributed by atoms with van der Waals surface area (Å²) in [6.07, 6.45) is 6.86. The maximum atomic E-state index is 4.60. The standard InChI is InChI=1S/C17H25N3/c1-3-5-6-15-7-9-17(10-8-15)20-13-11-16(19-20)14-18-12-4-2/h7-11,13,18H,3-6,12,14H2,1-2H3. The van der Waals surface area contributed by atoms with Crippen molar-refractivity contribution in [2.24, 2.45) is 0 Å². The van der Waals surface area contributed by atoms with Crippen LogP contribution in [-0.4, -0.2) is 16.3 Å². The van der Waals surface area contributed by atoms with Gasteiger partial charge in [-0.25, -0.2) is 4.68 Å². The van der Waals surface area contributed by atoms with Crippen molar-refractivity contribution in [3.05, 3.63) is 47.8 Å². The number of nitrogens with one attached hydrogen (secondary N) is 1. The number of benzene rings is 1. The monoisotopic (exact) mass is 271 g/mol. The molecule has 3 heteroatoms. The first-order chi connectivity index (χ1) is 9.83. The van der Waals surface area contributed by atoms with Crippen LogP contribution in [0.5, 0.6) is 0 Å². The summed E-state index contributed by atoms with van der Waals surface area (Å²) in [6.45, 7) is 6.28. The largest absolute Gasteiger partial charge is 0.311 e. The maximum Gasteiger partial charge on any atom is 0.0766 e. The minimum Gasteiger partial charge on any atom is -0.311 e. The van der Waals surface area contributed by atoms with E-state index in [1.807, 2.05) is 10.9 Å². The Labute approximate surface area is 122 Å². The van der Waals surface area contributed by atoms with Crippen LogP contribution in [0, 0.1) is 0 Å². The fourth-order valence-corrected chi connectivity index (χ4v) is 2.19. The molecule has 0 saturated heterocycles. The van der Waals surface area contributed by atoms with E-state index in [1.54, 1.807) is 0 Å². The van der Waals surface area contributed by atoms with E-state index in [4.69, 9.17) is 0 Å². The van der Waals surface area contributed by atoms with Gasteiger partial charge in [0.15, 0.2) is 0 Å². The molecule has 1 N–H and O–H groups in total. The fourth-order valence-electron chi connectivity index (χ4n) is 2.19. The van der Waals surface area contributed by atoms with Gasteiger partial charge in [0.1, 0.15) is 0 Å². The smallest absolute Gasteiger partial charge is 0.0766 e. The topological polar surface area (TPSA) is 29.9 Å². The molecule has 2 aromatic rings. The molecular weight excluding hydrogens is 246 g/mol. The van der Waals surface area contributed by atoms with Gasteiger partial charge in [0.05, 0.1) is 11.4 Å². The van der Waals surface area contributed by atoms with Crippen LogP contribution in [0.3, 0.4) is 0 Å². The molecule has 20 heavy (non-hydrogen) atoms. The number of aryl methyl sites for hydroxylation is 1. The first-order valence-corrected chi connectivity index (χ1v) is 7.68. The van der Waals surface area contributed by atoms with Gasteiger partial charge in [0, 0.05) is 12.7 Å². The highest BCUT2D eigenvalue weighted by Gasteiger charge is 2.01. The van der Waals surface area contributed by atoms with Crippen molar-refractivity contribution in [1.82, 2.24) is 15.1 Å². The molecule has 0 unspecified atom stereocenters. The molecule has 108 valence electrons. The van der Waals surface area contributed by atoms with Crippen molar-refractivity contribution in [3.8, 4) is 5.69 Å². The van der Waals surface area contributed by atoms with Gasteiger partial charge in [0.2, 0.25) is 0 Å². The van der Waals surface area contributed by atoms with Crippen LogP contribution in [-0.2, 0) is 13.0 Å². The minimum atomic E-state index is 0.843. The van der Waals surface area contributed by atoms with Crippen LogP contribution in [0.2, 0.25) is 0 Å². The molecule has 0 bridgehead atoms. The van der Waals surface area contributed by atoms with Crippen molar-refractivity contribution in [3.63, 3.8) is 0 Å². The van der Waals surface area contributed by atoms with Crippen LogP contribution < -0.4 is 5.32 Å². The molecular formula is C17H25N3. The van der Waals surface area contributed by atoms with Crippen LogP contribution in [0.15, 0.2) is 36.5 Å². The Bertz CT molecular complexity index is 499. The highest BCUT2D eigenvalue weighted by atomic mass is 15.3. The molecule has 0 aliphatic rings. The van der Waals surface area contributed by atoms with Gasteiger partial charge < -0.3 is 5.32 Å². The molecule has 2 rings (SSSR count). The van der Waals surface area contributed by atoms with Crippen LogP contribution in [0.25, 0.3) is 5.69 Å². The van der Waals surface area contributed by atoms with Crippen LogP contribution in [0.1, 0.15) is 44.4 Å². The number of hydrogen-bond acceptors (Lipinski definition) is 2. The average Bonchev–Trinajstić information content (AvgIpc) is 2.95. The summed E-state index contributed by atoms with van der Waals surface area (Å²) in [5.74, 6) is 0. The Balaban J connectivity index is 1.97. The summed E-state index contributed by atoms with van der Waals surface area (Å²) in [4.78, 5) is 0. The highest BCUT2D eigenvalue weighted by Crippen LogP contribution is 2.11. The third-order valence-electron chi connectivity index (χ3n) is 3.40. The van der Waals surface area contributed by atoms with Gasteiger partial charge >= 0.3 is 0 Å². The number of unbranched alkanes of at least 4 members (excludes halogenated alkanes) is 1. The van der Waals surface area contributed by atoms with Gasteiger partial charge in [-0.3, -0.25) is 0 Å². The van der Waals surface area contributed by atoms with E-state index >= 15 is 0 Å². The second-order valence-electron chi connectivity index (χ2n) is 5.20. The van der Waals surface area contributed by atoms with E-state index in [9.17, 15) is 0 Å². The first-order valence-electron chi connectivity index (χ1n) is 7.68. The number of hydrogen-bond donors (Lipinski definition) is 1. The van der Waals surface area contributed by atoms with E-state index in [0.29, 0.717) is 0 Å². The lowest BCUT2D eigenvalue weighted by Gasteiger charge is -2.04. The molecule has 1 heterocycles. The highest BCUT2D eigenvalue weighted by molar-refractivity contribution is 5.34. The average molecular weight is 271 g/mol. The first kappa shape index (κ1) is 14.8. The number of nitrogens with zero attached hydrogens (tertiary/aromatic N) is 2. The molecule has 0 radical (unpaired) electrons. The summed E-state index contributed by atoms with van der Waals surface area (Å²) in [7, 11) is 0. The van der Waals surface area contributed by atoms with E-state index < -0.39 is 0 Å².